The van der Waals surface area contributed by atoms with Crippen LogP contribution in [0.1, 0.15) is 0 Å². The van der Waals surface area contributed by atoms with Crippen LogP contribution in [-0.2, 0) is 10.0 Å². The minimum Gasteiger partial charge on any atom is -0.225 e. The molecule has 0 spiro atoms. The molecule has 0 radical (unpaired) electrons. The molecule has 0 unspecified atom stereocenters. The molecule has 1 aromatic rings. The maximum atomic E-state index is 12.8. The predicted octanol–water partition coefficient (Wildman–Crippen LogP) is 0.958. The van der Waals surface area contributed by atoms with Crippen molar-refractivity contribution >= 4 is 15.7 Å². The van der Waals surface area contributed by atoms with Gasteiger partial charge < -0.3 is 0 Å². The summed E-state index contributed by atoms with van der Waals surface area (Å²) in [5.41, 5.74) is -0.340. The van der Waals surface area contributed by atoms with Gasteiger partial charge in [-0.05, 0) is 6.07 Å². The number of sulfonamides is 1. The van der Waals surface area contributed by atoms with Crippen LogP contribution in [0.15, 0.2) is 23.1 Å². The summed E-state index contributed by atoms with van der Waals surface area (Å²) < 4.78 is 34.2. The van der Waals surface area contributed by atoms with Crippen LogP contribution in [0.5, 0.6) is 0 Å². The largest absolute Gasteiger partial charge is 0.420 e. The van der Waals surface area contributed by atoms with Gasteiger partial charge in [-0.1, -0.05) is 0 Å². The average Bonchev–Trinajstić information content (AvgIpc) is 2.02. The highest BCUT2D eigenvalue weighted by molar-refractivity contribution is 7.89. The van der Waals surface area contributed by atoms with Crippen LogP contribution in [0.25, 0.3) is 4.98 Å². The van der Waals surface area contributed by atoms with E-state index in [0.717, 1.165) is 12.1 Å². The van der Waals surface area contributed by atoms with Gasteiger partial charge in [0, 0.05) is 12.1 Å². The molecular weight excluding hydrogens is 197 g/mol. The lowest BCUT2D eigenvalue weighted by atomic mass is 10.3. The van der Waals surface area contributed by atoms with Crippen molar-refractivity contribution in [3.8, 4) is 0 Å². The molecule has 0 heterocycles. The Morgan fingerprint density at radius 1 is 1.46 bits per heavy atom. The van der Waals surface area contributed by atoms with Gasteiger partial charge >= 0.3 is 5.69 Å². The second-order valence-corrected chi connectivity index (χ2v) is 3.82. The number of hydrogen-bond acceptors (Lipinski definition) is 3. The van der Waals surface area contributed by atoms with Gasteiger partial charge in [0.15, 0.2) is 4.98 Å². The summed E-state index contributed by atoms with van der Waals surface area (Å²) in [6, 6.07) is 2.74. The van der Waals surface area contributed by atoms with Crippen LogP contribution >= 0.6 is 0 Å². The highest BCUT2D eigenvalue weighted by Gasteiger charge is 2.17. The Kier molecular flexibility index (Phi) is 2.27. The number of halogens is 1. The molecule has 0 fully saturated rings. The zero-order chi connectivity index (χ0) is 10.1. The first kappa shape index (κ1) is 9.57. The summed E-state index contributed by atoms with van der Waals surface area (Å²) >= 11 is 0. The second-order valence-electron chi connectivity index (χ2n) is 2.26. The van der Waals surface area contributed by atoms with E-state index in [4.69, 9.17) is 10.5 Å². The molecule has 0 amide bonds. The maximum Gasteiger partial charge on any atom is 0.420 e. The second kappa shape index (κ2) is 3.08. The average molecular weight is 202 g/mol. The maximum absolute atomic E-state index is 12.8. The number of hydrogen-bond donors (Lipinski definition) is 1. The van der Waals surface area contributed by atoms with E-state index in [0.29, 0.717) is 6.07 Å². The van der Waals surface area contributed by atoms with Gasteiger partial charge in [-0.25, -0.2) is 13.6 Å². The van der Waals surface area contributed by atoms with Crippen molar-refractivity contribution in [3.05, 3.63) is 29.0 Å². The van der Waals surface area contributed by atoms with Crippen molar-refractivity contribution in [1.29, 1.82) is 5.39 Å². The highest BCUT2D eigenvalue weighted by atomic mass is 32.2. The Balaban J connectivity index is 3.36. The van der Waals surface area contributed by atoms with E-state index in [9.17, 15) is 12.8 Å². The fourth-order valence-corrected chi connectivity index (χ4v) is 1.27. The molecule has 0 aromatic heterocycles. The van der Waals surface area contributed by atoms with Gasteiger partial charge in [-0.3, -0.25) is 0 Å². The minimum atomic E-state index is -3.91. The molecular formula is C6H5FN3O2S+. The summed E-state index contributed by atoms with van der Waals surface area (Å²) in [5.74, 6) is -0.950. The quantitative estimate of drug-likeness (QED) is 0.688. The van der Waals surface area contributed by atoms with E-state index in [2.05, 4.69) is 4.98 Å². The molecule has 0 aliphatic rings. The third kappa shape index (κ3) is 1.99. The van der Waals surface area contributed by atoms with Gasteiger partial charge in [-0.2, -0.15) is 4.39 Å². The van der Waals surface area contributed by atoms with E-state index in [1.807, 2.05) is 0 Å². The summed E-state index contributed by atoms with van der Waals surface area (Å²) in [6.45, 7) is 0. The first-order valence-corrected chi connectivity index (χ1v) is 4.67. The van der Waals surface area contributed by atoms with E-state index < -0.39 is 15.8 Å². The van der Waals surface area contributed by atoms with Gasteiger partial charge in [0.2, 0.25) is 21.2 Å². The lowest BCUT2D eigenvalue weighted by Crippen LogP contribution is -2.12. The van der Waals surface area contributed by atoms with Crippen LogP contribution in [0.2, 0.25) is 0 Å². The Morgan fingerprint density at radius 3 is 2.46 bits per heavy atom. The number of nitrogens with two attached hydrogens (primary N) is 1. The Morgan fingerprint density at radius 2 is 2.08 bits per heavy atom. The smallest absolute Gasteiger partial charge is 0.225 e. The van der Waals surface area contributed by atoms with E-state index in [-0.39, 0.29) is 10.6 Å². The van der Waals surface area contributed by atoms with Crippen LogP contribution < -0.4 is 5.14 Å². The molecule has 0 aliphatic carbocycles. The number of rotatable bonds is 1. The molecule has 7 heteroatoms. The molecule has 0 atom stereocenters. The molecule has 0 saturated heterocycles. The Labute approximate surface area is 73.7 Å². The zero-order valence-corrected chi connectivity index (χ0v) is 7.12. The third-order valence-electron chi connectivity index (χ3n) is 1.36. The van der Waals surface area contributed by atoms with E-state index >= 15 is 0 Å². The minimum absolute atomic E-state index is 0.340. The summed E-state index contributed by atoms with van der Waals surface area (Å²) in [4.78, 5) is 2.22. The van der Waals surface area contributed by atoms with Crippen LogP contribution in [0.4, 0.5) is 10.1 Å². The summed E-state index contributed by atoms with van der Waals surface area (Å²) in [6.07, 6.45) is 0. The van der Waals surface area contributed by atoms with E-state index in [1.54, 1.807) is 0 Å². The van der Waals surface area contributed by atoms with Gasteiger partial charge in [0.1, 0.15) is 0 Å². The van der Waals surface area contributed by atoms with E-state index in [1.165, 1.54) is 0 Å². The van der Waals surface area contributed by atoms with Crippen LogP contribution in [0.3, 0.4) is 0 Å². The Hall–Kier alpha value is -1.52. The van der Waals surface area contributed by atoms with Crippen LogP contribution in [0, 0.1) is 11.2 Å². The fourth-order valence-electron chi connectivity index (χ4n) is 0.746. The monoisotopic (exact) mass is 202 g/mol. The van der Waals surface area contributed by atoms with Crippen molar-refractivity contribution in [3.63, 3.8) is 0 Å². The van der Waals surface area contributed by atoms with Gasteiger partial charge in [0.25, 0.3) is 0 Å². The fraction of sp³-hybridized carbons (Fsp3) is 0. The van der Waals surface area contributed by atoms with Gasteiger partial charge in [0.05, 0.1) is 4.90 Å². The molecule has 1 rings (SSSR count). The number of nitrogens with zero attached hydrogens (tertiary/aromatic N) is 2. The zero-order valence-electron chi connectivity index (χ0n) is 6.31. The molecule has 5 nitrogen and oxygen atoms in total. The first-order chi connectivity index (χ1) is 5.95. The number of diazo groups is 1. The summed E-state index contributed by atoms with van der Waals surface area (Å²) in [5, 5.41) is 12.9. The number of primary sulfonamides is 1. The lowest BCUT2D eigenvalue weighted by molar-refractivity contribution is 0.593. The molecule has 1 aromatic carbocycles. The van der Waals surface area contributed by atoms with Crippen molar-refractivity contribution in [1.82, 2.24) is 0 Å². The van der Waals surface area contributed by atoms with Crippen LogP contribution in [-0.4, -0.2) is 8.42 Å². The SMILES string of the molecule is N#[N+]c1ccc(S(N)(=O)=O)cc1F. The molecule has 0 aliphatic heterocycles. The standard InChI is InChI=1S/C6H5FN3O2S/c7-5-3-4(13(9,11)12)1-2-6(5)10-8/h1-3H,(H2,9,11,12)/q+1. The molecule has 68 valence electrons. The Bertz CT molecular complexity index is 477. The topological polar surface area (TPSA) is 88.3 Å². The molecule has 13 heavy (non-hydrogen) atoms. The van der Waals surface area contributed by atoms with Crippen molar-refractivity contribution in [2.24, 2.45) is 5.14 Å². The lowest BCUT2D eigenvalue weighted by Gasteiger charge is -1.94. The normalized spacial score (nSPS) is 10.8. The molecule has 2 N–H and O–H groups in total. The highest BCUT2D eigenvalue weighted by Crippen LogP contribution is 2.20. The third-order valence-corrected chi connectivity index (χ3v) is 2.27. The number of benzene rings is 1. The first-order valence-electron chi connectivity index (χ1n) is 3.12. The van der Waals surface area contributed by atoms with Crippen molar-refractivity contribution < 1.29 is 12.8 Å². The van der Waals surface area contributed by atoms with Gasteiger partial charge in [-0.15, -0.1) is 0 Å². The molecule has 0 saturated carbocycles. The summed E-state index contributed by atoms with van der Waals surface area (Å²) in [7, 11) is -3.91. The van der Waals surface area contributed by atoms with Crippen molar-refractivity contribution in [2.45, 2.75) is 4.90 Å². The predicted molar refractivity (Wildman–Crippen MR) is 42.5 cm³/mol. The molecule has 0 bridgehead atoms. The van der Waals surface area contributed by atoms with Crippen molar-refractivity contribution in [2.75, 3.05) is 0 Å².